The summed E-state index contributed by atoms with van der Waals surface area (Å²) in [5, 5.41) is 0. The van der Waals surface area contributed by atoms with Gasteiger partial charge in [-0.15, -0.1) is 0 Å². The first-order valence-corrected chi connectivity index (χ1v) is 5.98. The molecule has 2 aromatic carbocycles. The Morgan fingerprint density at radius 1 is 0.773 bits per heavy atom. The van der Waals surface area contributed by atoms with Crippen molar-refractivity contribution >= 4 is 18.2 Å². The minimum atomic E-state index is -1.33. The first-order chi connectivity index (χ1) is 10.4. The molecule has 0 aliphatic carbocycles. The minimum absolute atomic E-state index is 0.244. The number of benzene rings is 2. The zero-order valence-electron chi connectivity index (χ0n) is 11.5. The molecular formula is C14H9BF5O2. The second-order valence-electron chi connectivity index (χ2n) is 4.26. The van der Waals surface area contributed by atoms with Crippen LogP contribution in [0.15, 0.2) is 18.2 Å². The molecule has 2 rings (SSSR count). The minimum Gasteiger partial charge on any atom is -0.494 e. The van der Waals surface area contributed by atoms with Crippen molar-refractivity contribution in [3.05, 3.63) is 47.3 Å². The maximum atomic E-state index is 14.1. The highest BCUT2D eigenvalue weighted by Crippen LogP contribution is 2.21. The Kier molecular flexibility index (Phi) is 4.58. The van der Waals surface area contributed by atoms with E-state index in [0.717, 1.165) is 27.6 Å². The predicted octanol–water partition coefficient (Wildman–Crippen LogP) is 2.05. The van der Waals surface area contributed by atoms with Crippen LogP contribution in [0.25, 0.3) is 0 Å². The number of hydrogen-bond donors (Lipinski definition) is 0. The maximum absolute atomic E-state index is 14.1. The van der Waals surface area contributed by atoms with E-state index >= 15 is 0 Å². The lowest BCUT2D eigenvalue weighted by Gasteiger charge is -2.12. The maximum Gasteiger partial charge on any atom is 0.204 e. The van der Waals surface area contributed by atoms with Crippen LogP contribution in [0.1, 0.15) is 0 Å². The monoisotopic (exact) mass is 315 g/mol. The van der Waals surface area contributed by atoms with E-state index in [9.17, 15) is 22.0 Å². The molecule has 0 spiro atoms. The van der Waals surface area contributed by atoms with E-state index in [1.807, 2.05) is 0 Å². The molecule has 0 aliphatic rings. The third kappa shape index (κ3) is 2.86. The summed E-state index contributed by atoms with van der Waals surface area (Å²) in [7, 11) is 2.93. The van der Waals surface area contributed by atoms with E-state index in [1.165, 1.54) is 0 Å². The smallest absolute Gasteiger partial charge is 0.204 e. The molecule has 0 heterocycles. The lowest BCUT2D eigenvalue weighted by atomic mass is 9.63. The van der Waals surface area contributed by atoms with Crippen LogP contribution >= 0.6 is 0 Å². The van der Waals surface area contributed by atoms with Gasteiger partial charge in [-0.05, 0) is 17.0 Å². The summed E-state index contributed by atoms with van der Waals surface area (Å²) in [5.74, 6) is -7.00. The zero-order chi connectivity index (χ0) is 16.4. The normalized spacial score (nSPS) is 10.5. The van der Waals surface area contributed by atoms with Gasteiger partial charge in [-0.3, -0.25) is 0 Å². The van der Waals surface area contributed by atoms with Crippen molar-refractivity contribution in [2.45, 2.75) is 0 Å². The van der Waals surface area contributed by atoms with Crippen molar-refractivity contribution in [1.82, 2.24) is 0 Å². The van der Waals surface area contributed by atoms with Gasteiger partial charge in [-0.1, -0.05) is 0 Å². The molecule has 0 amide bonds. The molecule has 1 radical (unpaired) electrons. The fourth-order valence-corrected chi connectivity index (χ4v) is 1.96. The Hall–Kier alpha value is -2.25. The SMILES string of the molecule is COc1c(F)cc(F)cc1[B]c1c(F)cc(F)c(OC)c1F. The van der Waals surface area contributed by atoms with Crippen LogP contribution in [0.2, 0.25) is 0 Å². The lowest BCUT2D eigenvalue weighted by Crippen LogP contribution is -2.34. The van der Waals surface area contributed by atoms with Gasteiger partial charge in [0.2, 0.25) is 7.28 Å². The third-order valence-corrected chi connectivity index (χ3v) is 2.91. The predicted molar refractivity (Wildman–Crippen MR) is 70.8 cm³/mol. The largest absolute Gasteiger partial charge is 0.494 e. The summed E-state index contributed by atoms with van der Waals surface area (Å²) in [5.41, 5.74) is -0.951. The number of hydrogen-bond acceptors (Lipinski definition) is 2. The van der Waals surface area contributed by atoms with Gasteiger partial charge >= 0.3 is 0 Å². The molecule has 0 fully saturated rings. The third-order valence-electron chi connectivity index (χ3n) is 2.91. The summed E-state index contributed by atoms with van der Waals surface area (Å²) in [6, 6.07) is 1.81. The standard InChI is InChI=1S/C14H9BF5O2/c1-21-13-7(3-6(16)4-9(13)18)15-11-8(17)5-10(19)14(22-2)12(11)20/h3-5H,1-2H3. The van der Waals surface area contributed by atoms with Gasteiger partial charge in [0.15, 0.2) is 23.2 Å². The van der Waals surface area contributed by atoms with E-state index in [4.69, 9.17) is 4.74 Å². The highest BCUT2D eigenvalue weighted by Gasteiger charge is 2.23. The summed E-state index contributed by atoms with van der Waals surface area (Å²) in [4.78, 5) is 0. The Morgan fingerprint density at radius 3 is 1.95 bits per heavy atom. The molecule has 0 N–H and O–H groups in total. The van der Waals surface area contributed by atoms with Crippen LogP contribution in [0, 0.1) is 29.1 Å². The Morgan fingerprint density at radius 2 is 1.36 bits per heavy atom. The number of rotatable bonds is 4. The van der Waals surface area contributed by atoms with Crippen LogP contribution in [-0.2, 0) is 0 Å². The van der Waals surface area contributed by atoms with E-state index in [1.54, 1.807) is 0 Å². The van der Waals surface area contributed by atoms with Crippen molar-refractivity contribution in [2.24, 2.45) is 0 Å². The summed E-state index contributed by atoms with van der Waals surface area (Å²) in [6.45, 7) is 0. The molecule has 0 saturated heterocycles. The molecule has 0 unspecified atom stereocenters. The van der Waals surface area contributed by atoms with Crippen LogP contribution in [-0.4, -0.2) is 21.5 Å². The zero-order valence-corrected chi connectivity index (χ0v) is 11.5. The van der Waals surface area contributed by atoms with Crippen molar-refractivity contribution in [2.75, 3.05) is 14.2 Å². The second-order valence-corrected chi connectivity index (χ2v) is 4.26. The van der Waals surface area contributed by atoms with Crippen molar-refractivity contribution in [1.29, 1.82) is 0 Å². The lowest BCUT2D eigenvalue weighted by molar-refractivity contribution is 0.358. The van der Waals surface area contributed by atoms with Crippen LogP contribution < -0.4 is 20.4 Å². The first-order valence-electron chi connectivity index (χ1n) is 5.98. The van der Waals surface area contributed by atoms with Crippen molar-refractivity contribution in [3.63, 3.8) is 0 Å². The summed E-state index contributed by atoms with van der Waals surface area (Å²) < 4.78 is 77.2. The molecule has 22 heavy (non-hydrogen) atoms. The molecule has 115 valence electrons. The van der Waals surface area contributed by atoms with Gasteiger partial charge in [-0.25, -0.2) is 22.0 Å². The van der Waals surface area contributed by atoms with Crippen molar-refractivity contribution < 1.29 is 31.4 Å². The molecule has 8 heteroatoms. The highest BCUT2D eigenvalue weighted by atomic mass is 19.2. The van der Waals surface area contributed by atoms with Crippen LogP contribution in [0.4, 0.5) is 22.0 Å². The molecular weight excluding hydrogens is 306 g/mol. The van der Waals surface area contributed by atoms with Crippen molar-refractivity contribution in [3.8, 4) is 11.5 Å². The van der Waals surface area contributed by atoms with Gasteiger partial charge in [0.05, 0.1) is 14.2 Å². The fourth-order valence-electron chi connectivity index (χ4n) is 1.96. The average Bonchev–Trinajstić information content (AvgIpc) is 2.43. The van der Waals surface area contributed by atoms with E-state index in [-0.39, 0.29) is 5.46 Å². The van der Waals surface area contributed by atoms with Gasteiger partial charge in [-0.2, -0.15) is 0 Å². The molecule has 0 aliphatic heterocycles. The number of halogens is 5. The molecule has 0 bridgehead atoms. The molecule has 0 aromatic heterocycles. The second kappa shape index (κ2) is 6.25. The van der Waals surface area contributed by atoms with Gasteiger partial charge in [0.1, 0.15) is 17.4 Å². The van der Waals surface area contributed by atoms with Gasteiger partial charge < -0.3 is 9.47 Å². The van der Waals surface area contributed by atoms with Crippen LogP contribution in [0.5, 0.6) is 11.5 Å². The summed E-state index contributed by atoms with van der Waals surface area (Å²) >= 11 is 0. The highest BCUT2D eigenvalue weighted by molar-refractivity contribution is 6.68. The Labute approximate surface area is 123 Å². The van der Waals surface area contributed by atoms with Gasteiger partial charge in [0.25, 0.3) is 0 Å². The molecule has 0 saturated carbocycles. The molecule has 0 atom stereocenters. The number of methoxy groups -OCH3 is 2. The first kappa shape index (κ1) is 16.1. The van der Waals surface area contributed by atoms with E-state index in [0.29, 0.717) is 12.1 Å². The Balaban J connectivity index is 2.57. The fraction of sp³-hybridized carbons (Fsp3) is 0.143. The van der Waals surface area contributed by atoms with Gasteiger partial charge in [0, 0.05) is 12.1 Å². The molecule has 2 aromatic rings. The topological polar surface area (TPSA) is 18.5 Å². The average molecular weight is 315 g/mol. The Bertz CT molecular complexity index is 721. The quantitative estimate of drug-likeness (QED) is 0.635. The van der Waals surface area contributed by atoms with E-state index < -0.39 is 46.0 Å². The van der Waals surface area contributed by atoms with E-state index in [2.05, 4.69) is 4.74 Å². The van der Waals surface area contributed by atoms with Crippen LogP contribution in [0.3, 0.4) is 0 Å². The summed E-state index contributed by atoms with van der Waals surface area (Å²) in [6.07, 6.45) is 0. The number of ether oxygens (including phenoxy) is 2. The molecule has 2 nitrogen and oxygen atoms in total.